The molecule has 0 spiro atoms. The zero-order valence-electron chi connectivity index (χ0n) is 10.3. The molecule has 1 aromatic carbocycles. The summed E-state index contributed by atoms with van der Waals surface area (Å²) >= 11 is 3.32. The predicted molar refractivity (Wildman–Crippen MR) is 76.6 cm³/mol. The van der Waals surface area contributed by atoms with E-state index in [0.29, 0.717) is 12.2 Å². The first-order valence-corrected chi connectivity index (χ1v) is 8.35. The molecule has 0 aromatic heterocycles. The highest BCUT2D eigenvalue weighted by Crippen LogP contribution is 2.16. The van der Waals surface area contributed by atoms with Gasteiger partial charge in [0.1, 0.15) is 12.4 Å². The monoisotopic (exact) mass is 335 g/mol. The molecule has 1 rings (SSSR count). The summed E-state index contributed by atoms with van der Waals surface area (Å²) in [5, 5.41) is 0. The first kappa shape index (κ1) is 15.5. The molecule has 0 saturated heterocycles. The van der Waals surface area contributed by atoms with Gasteiger partial charge in [-0.2, -0.15) is 0 Å². The van der Waals surface area contributed by atoms with Crippen molar-refractivity contribution >= 4 is 25.8 Å². The van der Waals surface area contributed by atoms with Crippen molar-refractivity contribution in [3.05, 3.63) is 28.7 Å². The lowest BCUT2D eigenvalue weighted by atomic mass is 10.3. The summed E-state index contributed by atoms with van der Waals surface area (Å²) in [6.07, 6.45) is 0.487. The minimum Gasteiger partial charge on any atom is -0.493 e. The van der Waals surface area contributed by atoms with Crippen LogP contribution in [0.5, 0.6) is 5.75 Å². The minimum absolute atomic E-state index is 0.0236. The van der Waals surface area contributed by atoms with Crippen LogP contribution >= 0.6 is 15.9 Å². The van der Waals surface area contributed by atoms with E-state index in [0.717, 1.165) is 4.47 Å². The van der Waals surface area contributed by atoms with E-state index < -0.39 is 9.84 Å². The van der Waals surface area contributed by atoms with Gasteiger partial charge in [0, 0.05) is 10.5 Å². The fourth-order valence-electron chi connectivity index (χ4n) is 1.28. The lowest BCUT2D eigenvalue weighted by Gasteiger charge is -2.08. The van der Waals surface area contributed by atoms with Gasteiger partial charge in [0.2, 0.25) is 0 Å². The number of sulfone groups is 1. The molecule has 6 heteroatoms. The normalized spacial score (nSPS) is 13.3. The fraction of sp³-hybridized carbons (Fsp3) is 0.500. The number of nitrogens with two attached hydrogens (primary N) is 1. The zero-order valence-corrected chi connectivity index (χ0v) is 12.7. The van der Waals surface area contributed by atoms with Crippen molar-refractivity contribution in [2.75, 3.05) is 18.1 Å². The van der Waals surface area contributed by atoms with Gasteiger partial charge in [0.25, 0.3) is 0 Å². The van der Waals surface area contributed by atoms with Gasteiger partial charge in [-0.25, -0.2) is 8.42 Å². The second-order valence-electron chi connectivity index (χ2n) is 4.22. The Hall–Kier alpha value is -0.590. The molecule has 4 nitrogen and oxygen atoms in total. The molecule has 0 fully saturated rings. The van der Waals surface area contributed by atoms with Crippen molar-refractivity contribution in [1.82, 2.24) is 0 Å². The third-order valence-electron chi connectivity index (χ3n) is 2.36. The van der Waals surface area contributed by atoms with Crippen LogP contribution in [0.15, 0.2) is 28.7 Å². The van der Waals surface area contributed by atoms with E-state index in [4.69, 9.17) is 10.5 Å². The van der Waals surface area contributed by atoms with E-state index in [1.165, 1.54) is 0 Å². The highest BCUT2D eigenvalue weighted by Gasteiger charge is 2.12. The number of halogens is 1. The molecule has 1 atom stereocenters. The molecule has 0 aliphatic rings. The van der Waals surface area contributed by atoms with Gasteiger partial charge >= 0.3 is 0 Å². The van der Waals surface area contributed by atoms with Crippen molar-refractivity contribution in [1.29, 1.82) is 0 Å². The van der Waals surface area contributed by atoms with Crippen LogP contribution in [-0.2, 0) is 9.84 Å². The summed E-state index contributed by atoms with van der Waals surface area (Å²) in [5.74, 6) is 0.810. The van der Waals surface area contributed by atoms with Gasteiger partial charge < -0.3 is 10.5 Å². The molecule has 0 saturated carbocycles. The van der Waals surface area contributed by atoms with Crippen LogP contribution in [0.25, 0.3) is 0 Å². The predicted octanol–water partition coefficient (Wildman–Crippen LogP) is 1.98. The average Bonchev–Trinajstić information content (AvgIpc) is 2.29. The van der Waals surface area contributed by atoms with Crippen LogP contribution in [0.2, 0.25) is 0 Å². The van der Waals surface area contributed by atoms with Crippen LogP contribution in [0.3, 0.4) is 0 Å². The van der Waals surface area contributed by atoms with Gasteiger partial charge in [-0.1, -0.05) is 15.9 Å². The average molecular weight is 336 g/mol. The van der Waals surface area contributed by atoms with Crippen LogP contribution < -0.4 is 10.5 Å². The lowest BCUT2D eigenvalue weighted by Crippen LogP contribution is -2.23. The summed E-state index contributed by atoms with van der Waals surface area (Å²) < 4.78 is 29.6. The maximum atomic E-state index is 11.6. The van der Waals surface area contributed by atoms with Gasteiger partial charge in [-0.3, -0.25) is 0 Å². The molecule has 1 aromatic rings. The summed E-state index contributed by atoms with van der Waals surface area (Å²) in [6, 6.07) is 7.18. The largest absolute Gasteiger partial charge is 0.493 e. The first-order valence-electron chi connectivity index (χ1n) is 5.73. The summed E-state index contributed by atoms with van der Waals surface area (Å²) in [6.45, 7) is 1.97. The van der Waals surface area contributed by atoms with Crippen LogP contribution in [0.1, 0.15) is 13.3 Å². The van der Waals surface area contributed by atoms with Crippen molar-refractivity contribution < 1.29 is 13.2 Å². The summed E-state index contributed by atoms with van der Waals surface area (Å²) in [5.41, 5.74) is 5.53. The Morgan fingerprint density at radius 3 is 2.44 bits per heavy atom. The minimum atomic E-state index is -3.07. The van der Waals surface area contributed by atoms with Crippen molar-refractivity contribution in [3.8, 4) is 5.75 Å². The van der Waals surface area contributed by atoms with Gasteiger partial charge in [-0.15, -0.1) is 0 Å². The Kier molecular flexibility index (Phi) is 6.11. The molecule has 0 aliphatic heterocycles. The highest BCUT2D eigenvalue weighted by molar-refractivity contribution is 9.10. The molecule has 0 radical (unpaired) electrons. The van der Waals surface area contributed by atoms with Gasteiger partial charge in [-0.05, 0) is 37.6 Å². The van der Waals surface area contributed by atoms with Crippen LogP contribution in [0.4, 0.5) is 0 Å². The number of ether oxygens (including phenoxy) is 1. The second-order valence-corrected chi connectivity index (χ2v) is 7.44. The molecule has 0 aliphatic carbocycles. The van der Waals surface area contributed by atoms with E-state index in [1.54, 1.807) is 19.1 Å². The molecule has 102 valence electrons. The topological polar surface area (TPSA) is 69.4 Å². The Labute approximate surface area is 117 Å². The molecule has 0 bridgehead atoms. The maximum Gasteiger partial charge on any atom is 0.153 e. The zero-order chi connectivity index (χ0) is 13.6. The van der Waals surface area contributed by atoms with E-state index in [2.05, 4.69) is 15.9 Å². The Bertz CT molecular complexity index is 457. The molecular weight excluding hydrogens is 318 g/mol. The van der Waals surface area contributed by atoms with Crippen molar-refractivity contribution in [2.24, 2.45) is 5.73 Å². The summed E-state index contributed by atoms with van der Waals surface area (Å²) in [4.78, 5) is 0. The number of hydrogen-bond acceptors (Lipinski definition) is 4. The Morgan fingerprint density at radius 1 is 1.28 bits per heavy atom. The highest BCUT2D eigenvalue weighted by atomic mass is 79.9. The maximum absolute atomic E-state index is 11.6. The third-order valence-corrected chi connectivity index (χ3v) is 4.54. The standard InChI is InChI=1S/C12H18BrNO3S/c1-10(14)6-8-18(15,16)9-7-17-12-4-2-11(13)3-5-12/h2-5,10H,6-9,14H2,1H3. The lowest BCUT2D eigenvalue weighted by molar-refractivity contribution is 0.340. The molecule has 0 amide bonds. The smallest absolute Gasteiger partial charge is 0.153 e. The summed E-state index contributed by atoms with van der Waals surface area (Å²) in [7, 11) is -3.07. The van der Waals surface area contributed by atoms with Gasteiger partial charge in [0.05, 0.1) is 11.5 Å². The molecule has 1 unspecified atom stereocenters. The molecule has 0 heterocycles. The third kappa shape index (κ3) is 6.37. The molecule has 18 heavy (non-hydrogen) atoms. The number of rotatable bonds is 7. The van der Waals surface area contributed by atoms with Gasteiger partial charge in [0.15, 0.2) is 9.84 Å². The first-order chi connectivity index (χ1) is 8.39. The van der Waals surface area contributed by atoms with E-state index >= 15 is 0 Å². The second kappa shape index (κ2) is 7.11. The Balaban J connectivity index is 2.34. The van der Waals surface area contributed by atoms with E-state index in [-0.39, 0.29) is 24.2 Å². The van der Waals surface area contributed by atoms with Crippen molar-refractivity contribution in [2.45, 2.75) is 19.4 Å². The molecule has 2 N–H and O–H groups in total. The van der Waals surface area contributed by atoms with Crippen LogP contribution in [-0.4, -0.2) is 32.6 Å². The quantitative estimate of drug-likeness (QED) is 0.827. The van der Waals surface area contributed by atoms with E-state index in [9.17, 15) is 8.42 Å². The van der Waals surface area contributed by atoms with Crippen molar-refractivity contribution in [3.63, 3.8) is 0 Å². The number of benzene rings is 1. The molecular formula is C12H18BrNO3S. The van der Waals surface area contributed by atoms with E-state index in [1.807, 2.05) is 12.1 Å². The van der Waals surface area contributed by atoms with Crippen LogP contribution in [0, 0.1) is 0 Å². The Morgan fingerprint density at radius 2 is 1.89 bits per heavy atom. The fourth-order valence-corrected chi connectivity index (χ4v) is 2.82. The SMILES string of the molecule is CC(N)CCS(=O)(=O)CCOc1ccc(Br)cc1. The number of hydrogen-bond donors (Lipinski definition) is 1.